The summed E-state index contributed by atoms with van der Waals surface area (Å²) in [6.45, 7) is 3.54. The maximum absolute atomic E-state index is 12.2. The SMILES string of the molecule is CCOC(=O)C(N)CSCC(=O)N1CCc2sccc2C1. The molecule has 0 radical (unpaired) electrons. The van der Waals surface area contributed by atoms with E-state index in [1.807, 2.05) is 4.90 Å². The topological polar surface area (TPSA) is 72.6 Å². The minimum atomic E-state index is -0.660. The molecule has 1 aliphatic rings. The Morgan fingerprint density at radius 1 is 1.57 bits per heavy atom. The van der Waals surface area contributed by atoms with Crippen molar-refractivity contribution in [3.8, 4) is 0 Å². The Kier molecular flexibility index (Phi) is 6.08. The molecule has 0 spiro atoms. The quantitative estimate of drug-likeness (QED) is 0.796. The number of esters is 1. The van der Waals surface area contributed by atoms with E-state index in [9.17, 15) is 9.59 Å². The van der Waals surface area contributed by atoms with Gasteiger partial charge < -0.3 is 15.4 Å². The highest BCUT2D eigenvalue weighted by Gasteiger charge is 2.22. The molecule has 7 heteroatoms. The summed E-state index contributed by atoms with van der Waals surface area (Å²) in [5.41, 5.74) is 6.96. The predicted molar refractivity (Wildman–Crippen MR) is 85.4 cm³/mol. The number of fused-ring (bicyclic) bond motifs is 1. The summed E-state index contributed by atoms with van der Waals surface area (Å²) in [4.78, 5) is 26.8. The average molecular weight is 328 g/mol. The Hall–Kier alpha value is -1.05. The van der Waals surface area contributed by atoms with Crippen LogP contribution in [-0.2, 0) is 27.3 Å². The summed E-state index contributed by atoms with van der Waals surface area (Å²) in [5, 5.41) is 2.08. The molecule has 0 aliphatic carbocycles. The monoisotopic (exact) mass is 328 g/mol. The van der Waals surface area contributed by atoms with Crippen LogP contribution in [0.25, 0.3) is 0 Å². The lowest BCUT2D eigenvalue weighted by Crippen LogP contribution is -2.38. The smallest absolute Gasteiger partial charge is 0.323 e. The predicted octanol–water partition coefficient (Wildman–Crippen LogP) is 1.26. The second-order valence-electron chi connectivity index (χ2n) is 4.81. The van der Waals surface area contributed by atoms with Crippen molar-refractivity contribution < 1.29 is 14.3 Å². The van der Waals surface area contributed by atoms with Gasteiger partial charge in [0.15, 0.2) is 0 Å². The third kappa shape index (κ3) is 4.46. The van der Waals surface area contributed by atoms with E-state index in [0.717, 1.165) is 13.0 Å². The van der Waals surface area contributed by atoms with E-state index in [-0.39, 0.29) is 5.91 Å². The summed E-state index contributed by atoms with van der Waals surface area (Å²) in [6, 6.07) is 1.43. The fraction of sp³-hybridized carbons (Fsp3) is 0.571. The van der Waals surface area contributed by atoms with Crippen LogP contribution in [0.5, 0.6) is 0 Å². The van der Waals surface area contributed by atoms with Gasteiger partial charge in [-0.25, -0.2) is 0 Å². The van der Waals surface area contributed by atoms with Gasteiger partial charge in [-0.1, -0.05) is 0 Å². The molecule has 2 rings (SSSR count). The lowest BCUT2D eigenvalue weighted by Gasteiger charge is -2.27. The number of nitrogens with two attached hydrogens (primary N) is 1. The van der Waals surface area contributed by atoms with Gasteiger partial charge in [0.1, 0.15) is 6.04 Å². The minimum Gasteiger partial charge on any atom is -0.465 e. The van der Waals surface area contributed by atoms with Crippen LogP contribution in [-0.4, -0.2) is 47.5 Å². The van der Waals surface area contributed by atoms with Gasteiger partial charge in [0.05, 0.1) is 12.4 Å². The van der Waals surface area contributed by atoms with Crippen molar-refractivity contribution in [1.82, 2.24) is 4.90 Å². The zero-order valence-corrected chi connectivity index (χ0v) is 13.7. The molecule has 2 heterocycles. The van der Waals surface area contributed by atoms with Crippen molar-refractivity contribution >= 4 is 35.0 Å². The highest BCUT2D eigenvalue weighted by molar-refractivity contribution is 8.00. The molecule has 0 fully saturated rings. The highest BCUT2D eigenvalue weighted by Crippen LogP contribution is 2.24. The molecule has 1 aromatic heterocycles. The summed E-state index contributed by atoms with van der Waals surface area (Å²) in [6.07, 6.45) is 0.936. The van der Waals surface area contributed by atoms with E-state index in [0.29, 0.717) is 24.7 Å². The van der Waals surface area contributed by atoms with E-state index in [4.69, 9.17) is 10.5 Å². The summed E-state index contributed by atoms with van der Waals surface area (Å²) < 4.78 is 4.84. The van der Waals surface area contributed by atoms with Crippen molar-refractivity contribution in [2.75, 3.05) is 24.7 Å². The molecule has 0 bridgehead atoms. The lowest BCUT2D eigenvalue weighted by molar-refractivity contribution is -0.144. The normalized spacial score (nSPS) is 15.4. The third-order valence-electron chi connectivity index (χ3n) is 3.27. The maximum Gasteiger partial charge on any atom is 0.323 e. The number of thioether (sulfide) groups is 1. The number of ether oxygens (including phenoxy) is 1. The van der Waals surface area contributed by atoms with Gasteiger partial charge in [-0.3, -0.25) is 9.59 Å². The third-order valence-corrected chi connectivity index (χ3v) is 5.34. The van der Waals surface area contributed by atoms with Crippen LogP contribution in [0, 0.1) is 0 Å². The zero-order valence-electron chi connectivity index (χ0n) is 12.0. The number of thiophene rings is 1. The number of amides is 1. The van der Waals surface area contributed by atoms with Crippen LogP contribution in [0.4, 0.5) is 0 Å². The molecule has 0 saturated heterocycles. The Morgan fingerprint density at radius 3 is 3.14 bits per heavy atom. The standard InChI is InChI=1S/C14H20N2O3S2/c1-2-19-14(18)11(15)8-20-9-13(17)16-5-3-12-10(7-16)4-6-21-12/h4,6,11H,2-3,5,7-9,15H2,1H3. The van der Waals surface area contributed by atoms with Crippen LogP contribution < -0.4 is 5.73 Å². The second-order valence-corrected chi connectivity index (χ2v) is 6.84. The van der Waals surface area contributed by atoms with Crippen molar-refractivity contribution in [3.63, 3.8) is 0 Å². The van der Waals surface area contributed by atoms with Gasteiger partial charge in [0.25, 0.3) is 0 Å². The molecule has 1 aliphatic heterocycles. The fourth-order valence-electron chi connectivity index (χ4n) is 2.14. The molecular formula is C14H20N2O3S2. The van der Waals surface area contributed by atoms with Gasteiger partial charge >= 0.3 is 5.97 Å². The number of nitrogens with zero attached hydrogens (tertiary/aromatic N) is 1. The lowest BCUT2D eigenvalue weighted by atomic mass is 10.1. The van der Waals surface area contributed by atoms with Crippen molar-refractivity contribution in [2.45, 2.75) is 25.9 Å². The first-order valence-electron chi connectivity index (χ1n) is 6.94. The van der Waals surface area contributed by atoms with E-state index in [2.05, 4.69) is 11.4 Å². The molecule has 116 valence electrons. The van der Waals surface area contributed by atoms with Crippen molar-refractivity contribution in [1.29, 1.82) is 0 Å². The Labute approximate surface area is 132 Å². The van der Waals surface area contributed by atoms with E-state index >= 15 is 0 Å². The fourth-order valence-corrected chi connectivity index (χ4v) is 3.90. The molecular weight excluding hydrogens is 308 g/mol. The van der Waals surface area contributed by atoms with Gasteiger partial charge in [-0.05, 0) is 30.4 Å². The van der Waals surface area contributed by atoms with Gasteiger partial charge in [0, 0.05) is 23.7 Å². The molecule has 1 aromatic rings. The molecule has 0 saturated carbocycles. The molecule has 0 aromatic carbocycles. The maximum atomic E-state index is 12.2. The Morgan fingerprint density at radius 2 is 2.38 bits per heavy atom. The first-order chi connectivity index (χ1) is 10.1. The van der Waals surface area contributed by atoms with Crippen LogP contribution >= 0.6 is 23.1 Å². The van der Waals surface area contributed by atoms with Gasteiger partial charge in [0.2, 0.25) is 5.91 Å². The summed E-state index contributed by atoms with van der Waals surface area (Å²) >= 11 is 3.14. The van der Waals surface area contributed by atoms with E-state index in [1.165, 1.54) is 22.2 Å². The van der Waals surface area contributed by atoms with E-state index < -0.39 is 12.0 Å². The molecule has 5 nitrogen and oxygen atoms in total. The number of carbonyl (C=O) groups is 2. The second kappa shape index (κ2) is 7.82. The number of hydrogen-bond acceptors (Lipinski definition) is 6. The minimum absolute atomic E-state index is 0.105. The first-order valence-corrected chi connectivity index (χ1v) is 8.98. The van der Waals surface area contributed by atoms with Gasteiger partial charge in [-0.2, -0.15) is 0 Å². The number of rotatable bonds is 6. The largest absolute Gasteiger partial charge is 0.465 e. The molecule has 2 N–H and O–H groups in total. The van der Waals surface area contributed by atoms with Gasteiger partial charge in [-0.15, -0.1) is 23.1 Å². The molecule has 1 atom stereocenters. The molecule has 1 unspecified atom stereocenters. The summed E-state index contributed by atoms with van der Waals surface area (Å²) in [5.74, 6) is 0.459. The van der Waals surface area contributed by atoms with Crippen LogP contribution in [0.3, 0.4) is 0 Å². The van der Waals surface area contributed by atoms with Crippen molar-refractivity contribution in [2.24, 2.45) is 5.73 Å². The number of carbonyl (C=O) groups excluding carboxylic acids is 2. The van der Waals surface area contributed by atoms with Crippen LogP contribution in [0.1, 0.15) is 17.4 Å². The molecule has 21 heavy (non-hydrogen) atoms. The Bertz CT molecular complexity index is 504. The van der Waals surface area contributed by atoms with Crippen molar-refractivity contribution in [3.05, 3.63) is 21.9 Å². The van der Waals surface area contributed by atoms with E-state index in [1.54, 1.807) is 18.3 Å². The number of hydrogen-bond donors (Lipinski definition) is 1. The summed E-state index contributed by atoms with van der Waals surface area (Å²) in [7, 11) is 0. The molecule has 1 amide bonds. The van der Waals surface area contributed by atoms with Crippen LogP contribution in [0.2, 0.25) is 0 Å². The average Bonchev–Trinajstić information content (AvgIpc) is 2.94. The zero-order chi connectivity index (χ0) is 15.2. The first kappa shape index (κ1) is 16.3. The van der Waals surface area contributed by atoms with Crippen LogP contribution in [0.15, 0.2) is 11.4 Å². The highest BCUT2D eigenvalue weighted by atomic mass is 32.2. The Balaban J connectivity index is 1.72.